The molecule has 5 heteroatoms. The van der Waals surface area contributed by atoms with Crippen molar-refractivity contribution in [2.24, 2.45) is 0 Å². The number of ether oxygens (including phenoxy) is 2. The first kappa shape index (κ1) is 10.6. The highest BCUT2D eigenvalue weighted by atomic mass is 127. The Morgan fingerprint density at radius 1 is 1.71 bits per heavy atom. The van der Waals surface area contributed by atoms with Crippen LogP contribution in [0.2, 0.25) is 0 Å². The molecule has 1 atom stereocenters. The Balaban J connectivity index is 2.02. The van der Waals surface area contributed by atoms with Gasteiger partial charge in [-0.3, -0.25) is 0 Å². The highest BCUT2D eigenvalue weighted by Crippen LogP contribution is 2.29. The Morgan fingerprint density at radius 2 is 2.43 bits per heavy atom. The summed E-state index contributed by atoms with van der Waals surface area (Å²) >= 11 is 5.51. The molecule has 1 fully saturated rings. The second-order valence-electron chi connectivity index (χ2n) is 3.45. The zero-order chi connectivity index (χ0) is 10.2. The van der Waals surface area contributed by atoms with Crippen molar-refractivity contribution in [1.82, 2.24) is 4.98 Å². The van der Waals surface area contributed by atoms with Crippen molar-refractivity contribution in [1.29, 1.82) is 0 Å². The maximum atomic E-state index is 5.58. The van der Waals surface area contributed by atoms with Crippen LogP contribution in [0.15, 0.2) is 16.7 Å². The van der Waals surface area contributed by atoms with Crippen molar-refractivity contribution in [3.63, 3.8) is 0 Å². The molecule has 2 heterocycles. The smallest absolute Gasteiger partial charge is 0.152 e. The Labute approximate surface area is 104 Å². The molecular formula is C9H9BrINO2. The molecule has 0 bridgehead atoms. The van der Waals surface area contributed by atoms with Gasteiger partial charge in [0.25, 0.3) is 0 Å². The number of epoxide rings is 1. The van der Waals surface area contributed by atoms with E-state index in [0.29, 0.717) is 6.61 Å². The average Bonchev–Trinajstić information content (AvgIpc) is 2.83. The molecule has 76 valence electrons. The molecule has 0 aliphatic carbocycles. The number of hydrogen-bond donors (Lipinski definition) is 0. The zero-order valence-electron chi connectivity index (χ0n) is 7.59. The van der Waals surface area contributed by atoms with E-state index in [-0.39, 0.29) is 5.60 Å². The summed E-state index contributed by atoms with van der Waals surface area (Å²) in [7, 11) is 0. The Hall–Kier alpha value is 0.120. The Morgan fingerprint density at radius 3 is 3.00 bits per heavy atom. The van der Waals surface area contributed by atoms with Crippen LogP contribution in [0.1, 0.15) is 6.92 Å². The van der Waals surface area contributed by atoms with Gasteiger partial charge in [-0.25, -0.2) is 4.98 Å². The molecule has 14 heavy (non-hydrogen) atoms. The molecule has 0 amide bonds. The fraction of sp³-hybridized carbons (Fsp3) is 0.444. The van der Waals surface area contributed by atoms with E-state index in [1.807, 2.05) is 19.1 Å². The van der Waals surface area contributed by atoms with E-state index in [9.17, 15) is 0 Å². The molecule has 3 nitrogen and oxygen atoms in total. The van der Waals surface area contributed by atoms with E-state index >= 15 is 0 Å². The summed E-state index contributed by atoms with van der Waals surface area (Å²) in [6.45, 7) is 3.39. The molecule has 0 aromatic carbocycles. The van der Waals surface area contributed by atoms with Crippen LogP contribution in [-0.2, 0) is 4.74 Å². The maximum absolute atomic E-state index is 5.58. The quantitative estimate of drug-likeness (QED) is 0.466. The molecule has 1 aromatic heterocycles. The van der Waals surface area contributed by atoms with E-state index in [1.165, 1.54) is 0 Å². The van der Waals surface area contributed by atoms with Gasteiger partial charge in [0.15, 0.2) is 5.75 Å². The van der Waals surface area contributed by atoms with Crippen molar-refractivity contribution in [2.75, 3.05) is 13.2 Å². The lowest BCUT2D eigenvalue weighted by molar-refractivity contribution is 0.201. The molecule has 1 aliphatic rings. The summed E-state index contributed by atoms with van der Waals surface area (Å²) in [5.41, 5.74) is -0.0809. The van der Waals surface area contributed by atoms with E-state index in [1.54, 1.807) is 0 Å². The van der Waals surface area contributed by atoms with Gasteiger partial charge in [-0.2, -0.15) is 0 Å². The molecule has 0 spiro atoms. The summed E-state index contributed by atoms with van der Waals surface area (Å²) in [5, 5.41) is 0. The number of halogens is 2. The van der Waals surface area contributed by atoms with Gasteiger partial charge in [-0.05, 0) is 57.6 Å². The van der Waals surface area contributed by atoms with Crippen LogP contribution in [0.25, 0.3) is 0 Å². The van der Waals surface area contributed by atoms with Gasteiger partial charge < -0.3 is 9.47 Å². The second-order valence-corrected chi connectivity index (χ2v) is 5.31. The predicted molar refractivity (Wildman–Crippen MR) is 64.5 cm³/mol. The average molecular weight is 370 g/mol. The zero-order valence-corrected chi connectivity index (χ0v) is 11.3. The minimum absolute atomic E-state index is 0.0809. The molecule has 0 saturated carbocycles. The standard InChI is InChI=1S/C9H9BrINO2/c1-9(5-14-9)4-13-6-2-3-7(11)12-8(6)10/h2-3H,4-5H2,1H3/t9-/m0/s1. The lowest BCUT2D eigenvalue weighted by atomic mass is 10.2. The van der Waals surface area contributed by atoms with Crippen LogP contribution < -0.4 is 4.74 Å². The molecular weight excluding hydrogens is 361 g/mol. The molecule has 1 aliphatic heterocycles. The lowest BCUT2D eigenvalue weighted by Crippen LogP contribution is -2.17. The van der Waals surface area contributed by atoms with E-state index in [4.69, 9.17) is 9.47 Å². The van der Waals surface area contributed by atoms with Gasteiger partial charge in [0, 0.05) is 0 Å². The molecule has 0 radical (unpaired) electrons. The van der Waals surface area contributed by atoms with Crippen LogP contribution in [0.3, 0.4) is 0 Å². The number of hydrogen-bond acceptors (Lipinski definition) is 3. The summed E-state index contributed by atoms with van der Waals surface area (Å²) in [4.78, 5) is 4.23. The Kier molecular flexibility index (Phi) is 2.99. The molecule has 1 aromatic rings. The van der Waals surface area contributed by atoms with Crippen molar-refractivity contribution in [3.05, 3.63) is 20.4 Å². The third-order valence-electron chi connectivity index (χ3n) is 1.95. The summed E-state index contributed by atoms with van der Waals surface area (Å²) in [6.07, 6.45) is 0. The van der Waals surface area contributed by atoms with Gasteiger partial charge in [0.2, 0.25) is 0 Å². The number of aromatic nitrogens is 1. The topological polar surface area (TPSA) is 34.6 Å². The van der Waals surface area contributed by atoms with E-state index in [2.05, 4.69) is 43.5 Å². The van der Waals surface area contributed by atoms with Gasteiger partial charge >= 0.3 is 0 Å². The minimum Gasteiger partial charge on any atom is -0.488 e. The van der Waals surface area contributed by atoms with Crippen molar-refractivity contribution < 1.29 is 9.47 Å². The fourth-order valence-electron chi connectivity index (χ4n) is 0.944. The highest BCUT2D eigenvalue weighted by molar-refractivity contribution is 14.1. The molecule has 0 unspecified atom stereocenters. The van der Waals surface area contributed by atoms with Crippen LogP contribution >= 0.6 is 38.5 Å². The van der Waals surface area contributed by atoms with Crippen LogP contribution in [-0.4, -0.2) is 23.8 Å². The van der Waals surface area contributed by atoms with Gasteiger partial charge in [0.1, 0.15) is 20.5 Å². The Bertz CT molecular complexity index is 355. The van der Waals surface area contributed by atoms with Crippen molar-refractivity contribution in [2.45, 2.75) is 12.5 Å². The molecule has 1 saturated heterocycles. The second kappa shape index (κ2) is 3.94. The molecule has 2 rings (SSSR count). The monoisotopic (exact) mass is 369 g/mol. The third-order valence-corrected chi connectivity index (χ3v) is 3.12. The van der Waals surface area contributed by atoms with Gasteiger partial charge in [0.05, 0.1) is 6.61 Å². The first-order valence-corrected chi connectivity index (χ1v) is 6.05. The lowest BCUT2D eigenvalue weighted by Gasteiger charge is -2.09. The van der Waals surface area contributed by atoms with Gasteiger partial charge in [-0.1, -0.05) is 0 Å². The SMILES string of the molecule is C[C@]1(COc2ccc(I)nc2Br)CO1. The minimum atomic E-state index is -0.0809. The van der Waals surface area contributed by atoms with Crippen LogP contribution in [0.4, 0.5) is 0 Å². The molecule has 0 N–H and O–H groups in total. The number of nitrogens with zero attached hydrogens (tertiary/aromatic N) is 1. The fourth-order valence-corrected chi connectivity index (χ4v) is 2.13. The van der Waals surface area contributed by atoms with Gasteiger partial charge in [-0.15, -0.1) is 0 Å². The normalized spacial score (nSPS) is 24.8. The first-order chi connectivity index (χ1) is 6.59. The predicted octanol–water partition coefficient (Wildman–Crippen LogP) is 2.62. The number of rotatable bonds is 3. The first-order valence-electron chi connectivity index (χ1n) is 4.18. The van der Waals surface area contributed by atoms with Crippen molar-refractivity contribution in [3.8, 4) is 5.75 Å². The summed E-state index contributed by atoms with van der Waals surface area (Å²) in [5.74, 6) is 0.766. The number of pyridine rings is 1. The summed E-state index contributed by atoms with van der Waals surface area (Å²) < 4.78 is 12.5. The highest BCUT2D eigenvalue weighted by Gasteiger charge is 2.40. The maximum Gasteiger partial charge on any atom is 0.152 e. The van der Waals surface area contributed by atoms with Crippen LogP contribution in [0, 0.1) is 3.70 Å². The largest absolute Gasteiger partial charge is 0.488 e. The van der Waals surface area contributed by atoms with E-state index < -0.39 is 0 Å². The van der Waals surface area contributed by atoms with Crippen LogP contribution in [0.5, 0.6) is 5.75 Å². The third kappa shape index (κ3) is 2.58. The van der Waals surface area contributed by atoms with Crippen molar-refractivity contribution >= 4 is 38.5 Å². The summed E-state index contributed by atoms with van der Waals surface area (Å²) in [6, 6.07) is 3.82. The van der Waals surface area contributed by atoms with E-state index in [0.717, 1.165) is 20.7 Å².